The number of thioether (sulfide) groups is 1. The van der Waals surface area contributed by atoms with Crippen LogP contribution in [0.15, 0.2) is 11.2 Å². The number of rotatable bonds is 5. The lowest BCUT2D eigenvalue weighted by Gasteiger charge is -2.22. The van der Waals surface area contributed by atoms with Gasteiger partial charge in [-0.2, -0.15) is 0 Å². The average Bonchev–Trinajstić information content (AvgIpc) is 2.83. The van der Waals surface area contributed by atoms with Crippen molar-refractivity contribution >= 4 is 23.4 Å². The van der Waals surface area contributed by atoms with Crippen LogP contribution in [0.5, 0.6) is 0 Å². The molecule has 1 aliphatic rings. The molecule has 18 heavy (non-hydrogen) atoms. The summed E-state index contributed by atoms with van der Waals surface area (Å²) in [7, 11) is 1.83. The van der Waals surface area contributed by atoms with Crippen LogP contribution in [0, 0.1) is 0 Å². The maximum atomic E-state index is 10.3. The number of aromatic nitrogens is 2. The molecular weight excluding hydrogens is 248 g/mol. The van der Waals surface area contributed by atoms with Gasteiger partial charge < -0.3 is 15.7 Å². The summed E-state index contributed by atoms with van der Waals surface area (Å²) in [4.78, 5) is 8.69. The molecule has 0 aliphatic heterocycles. The van der Waals surface area contributed by atoms with E-state index < -0.39 is 5.60 Å². The van der Waals surface area contributed by atoms with Gasteiger partial charge in [0.05, 0.1) is 5.60 Å². The molecule has 2 rings (SSSR count). The first-order valence-corrected chi connectivity index (χ1v) is 7.45. The predicted octanol–water partition coefficient (Wildman–Crippen LogP) is 1.96. The normalized spacial score (nSPS) is 17.7. The van der Waals surface area contributed by atoms with E-state index in [9.17, 15) is 5.11 Å². The Hall–Kier alpha value is -1.01. The minimum atomic E-state index is -0.565. The van der Waals surface area contributed by atoms with Crippen molar-refractivity contribution in [3.05, 3.63) is 6.07 Å². The summed E-state index contributed by atoms with van der Waals surface area (Å²) < 4.78 is 0. The van der Waals surface area contributed by atoms with Crippen LogP contribution in [-0.2, 0) is 0 Å². The van der Waals surface area contributed by atoms with E-state index >= 15 is 0 Å². The third kappa shape index (κ3) is 3.26. The first-order chi connectivity index (χ1) is 8.65. The maximum Gasteiger partial charge on any atom is 0.191 e. The number of nitrogens with zero attached hydrogens (tertiary/aromatic N) is 2. The molecule has 0 amide bonds. The lowest BCUT2D eigenvalue weighted by Crippen LogP contribution is -2.33. The van der Waals surface area contributed by atoms with Crippen molar-refractivity contribution in [2.24, 2.45) is 0 Å². The summed E-state index contributed by atoms with van der Waals surface area (Å²) in [6, 6.07) is 1.86. The molecule has 1 heterocycles. The standard InChI is InChI=1S/C12H20N4OS/c1-13-9-7-10(16-11(15-9)18-2)14-8-12(17)5-3-4-6-12/h7,17H,3-6,8H2,1-2H3,(H2,13,14,15,16). The van der Waals surface area contributed by atoms with Crippen LogP contribution in [0.1, 0.15) is 25.7 Å². The molecule has 5 nitrogen and oxygen atoms in total. The molecular formula is C12H20N4OS. The second-order valence-corrected chi connectivity index (χ2v) is 5.43. The fourth-order valence-electron chi connectivity index (χ4n) is 2.20. The van der Waals surface area contributed by atoms with Crippen molar-refractivity contribution in [2.45, 2.75) is 36.4 Å². The monoisotopic (exact) mass is 268 g/mol. The van der Waals surface area contributed by atoms with Gasteiger partial charge in [-0.1, -0.05) is 24.6 Å². The Morgan fingerprint density at radius 3 is 2.61 bits per heavy atom. The molecule has 0 radical (unpaired) electrons. The van der Waals surface area contributed by atoms with Gasteiger partial charge in [-0.05, 0) is 19.1 Å². The summed E-state index contributed by atoms with van der Waals surface area (Å²) in [5, 5.41) is 17.2. The highest BCUT2D eigenvalue weighted by atomic mass is 32.2. The summed E-state index contributed by atoms with van der Waals surface area (Å²) in [6.45, 7) is 0.557. The number of anilines is 2. The van der Waals surface area contributed by atoms with Crippen LogP contribution in [0.3, 0.4) is 0 Å². The van der Waals surface area contributed by atoms with Crippen molar-refractivity contribution in [1.82, 2.24) is 9.97 Å². The number of hydrogen-bond donors (Lipinski definition) is 3. The molecule has 0 atom stereocenters. The Kier molecular flexibility index (Phi) is 4.29. The zero-order valence-electron chi connectivity index (χ0n) is 10.9. The Morgan fingerprint density at radius 1 is 1.33 bits per heavy atom. The summed E-state index contributed by atoms with van der Waals surface area (Å²) >= 11 is 1.50. The van der Waals surface area contributed by atoms with Gasteiger partial charge in [0, 0.05) is 19.7 Å². The number of aliphatic hydroxyl groups is 1. The maximum absolute atomic E-state index is 10.3. The smallest absolute Gasteiger partial charge is 0.191 e. The Morgan fingerprint density at radius 2 is 2.00 bits per heavy atom. The lowest BCUT2D eigenvalue weighted by atomic mass is 10.0. The van der Waals surface area contributed by atoms with Crippen LogP contribution in [-0.4, -0.2) is 40.5 Å². The van der Waals surface area contributed by atoms with Gasteiger partial charge in [0.1, 0.15) is 11.6 Å². The van der Waals surface area contributed by atoms with Crippen LogP contribution in [0.4, 0.5) is 11.6 Å². The lowest BCUT2D eigenvalue weighted by molar-refractivity contribution is 0.0614. The molecule has 1 aromatic rings. The highest BCUT2D eigenvalue weighted by molar-refractivity contribution is 7.98. The van der Waals surface area contributed by atoms with Crippen LogP contribution in [0.2, 0.25) is 0 Å². The van der Waals surface area contributed by atoms with Gasteiger partial charge in [-0.25, -0.2) is 9.97 Å². The first-order valence-electron chi connectivity index (χ1n) is 6.22. The third-order valence-electron chi connectivity index (χ3n) is 3.28. The molecule has 0 aromatic carbocycles. The molecule has 0 spiro atoms. The Balaban J connectivity index is 2.04. The molecule has 1 saturated carbocycles. The van der Waals surface area contributed by atoms with Crippen LogP contribution >= 0.6 is 11.8 Å². The van der Waals surface area contributed by atoms with Gasteiger partial charge in [-0.3, -0.25) is 0 Å². The summed E-state index contributed by atoms with van der Waals surface area (Å²) in [5.74, 6) is 1.55. The fourth-order valence-corrected chi connectivity index (χ4v) is 2.58. The number of hydrogen-bond acceptors (Lipinski definition) is 6. The van der Waals surface area contributed by atoms with Crippen molar-refractivity contribution in [3.8, 4) is 0 Å². The fraction of sp³-hybridized carbons (Fsp3) is 0.667. The third-order valence-corrected chi connectivity index (χ3v) is 3.82. The summed E-state index contributed by atoms with van der Waals surface area (Å²) in [5.41, 5.74) is -0.565. The molecule has 100 valence electrons. The van der Waals surface area contributed by atoms with Gasteiger partial charge in [0.15, 0.2) is 5.16 Å². The Labute approximate surface area is 112 Å². The van der Waals surface area contributed by atoms with E-state index in [1.165, 1.54) is 11.8 Å². The van der Waals surface area contributed by atoms with Crippen molar-refractivity contribution in [1.29, 1.82) is 0 Å². The zero-order chi connectivity index (χ0) is 13.0. The minimum absolute atomic E-state index is 0.557. The first kappa shape index (κ1) is 13.4. The van der Waals surface area contributed by atoms with Gasteiger partial charge >= 0.3 is 0 Å². The molecule has 1 aliphatic carbocycles. The number of nitrogens with one attached hydrogen (secondary N) is 2. The molecule has 0 unspecified atom stereocenters. The van der Waals surface area contributed by atoms with Crippen molar-refractivity contribution in [2.75, 3.05) is 30.5 Å². The molecule has 3 N–H and O–H groups in total. The van der Waals surface area contributed by atoms with Crippen molar-refractivity contribution in [3.63, 3.8) is 0 Å². The summed E-state index contributed by atoms with van der Waals surface area (Å²) in [6.07, 6.45) is 5.92. The minimum Gasteiger partial charge on any atom is -0.388 e. The predicted molar refractivity (Wildman–Crippen MR) is 75.3 cm³/mol. The van der Waals surface area contributed by atoms with E-state index in [1.807, 2.05) is 19.4 Å². The average molecular weight is 268 g/mol. The van der Waals surface area contributed by atoms with E-state index in [0.717, 1.165) is 42.5 Å². The zero-order valence-corrected chi connectivity index (χ0v) is 11.7. The van der Waals surface area contributed by atoms with E-state index in [2.05, 4.69) is 20.6 Å². The Bertz CT molecular complexity index is 385. The molecule has 1 aromatic heterocycles. The van der Waals surface area contributed by atoms with Crippen LogP contribution in [0.25, 0.3) is 0 Å². The van der Waals surface area contributed by atoms with Crippen LogP contribution < -0.4 is 10.6 Å². The molecule has 6 heteroatoms. The van der Waals surface area contributed by atoms with Gasteiger partial charge in [0.2, 0.25) is 0 Å². The molecule has 0 bridgehead atoms. The van der Waals surface area contributed by atoms with E-state index in [0.29, 0.717) is 6.54 Å². The molecule has 1 fully saturated rings. The van der Waals surface area contributed by atoms with E-state index in [-0.39, 0.29) is 0 Å². The van der Waals surface area contributed by atoms with Crippen molar-refractivity contribution < 1.29 is 5.11 Å². The topological polar surface area (TPSA) is 70.1 Å². The highest BCUT2D eigenvalue weighted by Gasteiger charge is 2.30. The van der Waals surface area contributed by atoms with Gasteiger partial charge in [0.25, 0.3) is 0 Å². The SMILES string of the molecule is CNc1cc(NCC2(O)CCCC2)nc(SC)n1. The van der Waals surface area contributed by atoms with E-state index in [1.54, 1.807) is 0 Å². The molecule has 0 saturated heterocycles. The highest BCUT2D eigenvalue weighted by Crippen LogP contribution is 2.29. The second-order valence-electron chi connectivity index (χ2n) is 4.66. The van der Waals surface area contributed by atoms with Gasteiger partial charge in [-0.15, -0.1) is 0 Å². The quantitative estimate of drug-likeness (QED) is 0.560. The second kappa shape index (κ2) is 5.75. The van der Waals surface area contributed by atoms with E-state index in [4.69, 9.17) is 0 Å². The largest absolute Gasteiger partial charge is 0.388 e.